The zero-order valence-electron chi connectivity index (χ0n) is 9.15. The molecule has 1 fully saturated rings. The lowest BCUT2D eigenvalue weighted by Crippen LogP contribution is -2.07. The maximum absolute atomic E-state index is 5.71. The average Bonchev–Trinajstić information content (AvgIpc) is 3.02. The van der Waals surface area contributed by atoms with Crippen molar-refractivity contribution < 1.29 is 4.74 Å². The van der Waals surface area contributed by atoms with Gasteiger partial charge in [0.1, 0.15) is 5.75 Å². The van der Waals surface area contributed by atoms with Crippen molar-refractivity contribution in [2.24, 2.45) is 11.7 Å². The van der Waals surface area contributed by atoms with Gasteiger partial charge in [0.25, 0.3) is 0 Å². The van der Waals surface area contributed by atoms with Crippen molar-refractivity contribution in [1.29, 1.82) is 0 Å². The summed E-state index contributed by atoms with van der Waals surface area (Å²) >= 11 is 0. The monoisotopic (exact) mass is 206 g/mol. The molecule has 0 aliphatic heterocycles. The molecule has 0 spiro atoms. The molecule has 1 atom stereocenters. The Morgan fingerprint density at radius 3 is 2.87 bits per heavy atom. The molecule has 0 bridgehead atoms. The zero-order chi connectivity index (χ0) is 10.7. The second-order valence-corrected chi connectivity index (χ2v) is 4.29. The molecule has 1 aromatic rings. The van der Waals surface area contributed by atoms with Gasteiger partial charge in [-0.2, -0.15) is 0 Å². The molecule has 0 amide bonds. The number of nitrogens with zero attached hydrogens (tertiary/aromatic N) is 1. The molecule has 0 aromatic carbocycles. The highest BCUT2D eigenvalue weighted by atomic mass is 16.5. The van der Waals surface area contributed by atoms with Gasteiger partial charge in [0.05, 0.1) is 18.5 Å². The predicted octanol–water partition coefficient (Wildman–Crippen LogP) is 2.28. The van der Waals surface area contributed by atoms with Crippen LogP contribution in [-0.2, 0) is 0 Å². The first-order valence-electron chi connectivity index (χ1n) is 5.60. The summed E-state index contributed by atoms with van der Waals surface area (Å²) in [5.41, 5.74) is 6.62. The third kappa shape index (κ3) is 3.20. The molecule has 1 saturated carbocycles. The summed E-state index contributed by atoms with van der Waals surface area (Å²) in [6.45, 7) is 2.74. The van der Waals surface area contributed by atoms with Crippen LogP contribution in [0.2, 0.25) is 0 Å². The fourth-order valence-corrected chi connectivity index (χ4v) is 1.50. The Labute approximate surface area is 90.7 Å². The highest BCUT2D eigenvalue weighted by molar-refractivity contribution is 5.21. The van der Waals surface area contributed by atoms with Gasteiger partial charge in [0, 0.05) is 6.04 Å². The van der Waals surface area contributed by atoms with Crippen LogP contribution in [0.25, 0.3) is 0 Å². The zero-order valence-corrected chi connectivity index (χ0v) is 9.15. The number of rotatable bonds is 5. The van der Waals surface area contributed by atoms with E-state index in [2.05, 4.69) is 4.98 Å². The van der Waals surface area contributed by atoms with Crippen molar-refractivity contribution in [2.45, 2.75) is 32.2 Å². The van der Waals surface area contributed by atoms with Crippen LogP contribution in [0.15, 0.2) is 18.3 Å². The standard InChI is InChI=1S/C12H18N2O/c1-9(13)12-5-4-11(8-14-12)15-7-6-10-2-3-10/h4-5,8-10H,2-3,6-7,13H2,1H3. The molecule has 1 aliphatic carbocycles. The number of hydrogen-bond acceptors (Lipinski definition) is 3. The van der Waals surface area contributed by atoms with Crippen LogP contribution in [-0.4, -0.2) is 11.6 Å². The van der Waals surface area contributed by atoms with E-state index in [0.29, 0.717) is 0 Å². The van der Waals surface area contributed by atoms with E-state index in [9.17, 15) is 0 Å². The van der Waals surface area contributed by atoms with Crippen LogP contribution in [0.1, 0.15) is 37.9 Å². The molecular formula is C12H18N2O. The van der Waals surface area contributed by atoms with Crippen molar-refractivity contribution in [2.75, 3.05) is 6.61 Å². The molecule has 1 unspecified atom stereocenters. The number of nitrogens with two attached hydrogens (primary N) is 1. The first-order valence-corrected chi connectivity index (χ1v) is 5.60. The molecule has 3 heteroatoms. The highest BCUT2D eigenvalue weighted by Crippen LogP contribution is 2.32. The van der Waals surface area contributed by atoms with E-state index in [1.807, 2.05) is 19.1 Å². The lowest BCUT2D eigenvalue weighted by atomic mass is 10.2. The molecule has 1 aromatic heterocycles. The van der Waals surface area contributed by atoms with E-state index in [0.717, 1.165) is 24.0 Å². The quantitative estimate of drug-likeness (QED) is 0.804. The summed E-state index contributed by atoms with van der Waals surface area (Å²) in [6.07, 6.45) is 5.69. The molecule has 2 N–H and O–H groups in total. The third-order valence-corrected chi connectivity index (χ3v) is 2.72. The lowest BCUT2D eigenvalue weighted by Gasteiger charge is -2.07. The van der Waals surface area contributed by atoms with Crippen molar-refractivity contribution in [1.82, 2.24) is 4.98 Å². The van der Waals surface area contributed by atoms with E-state index in [1.54, 1.807) is 6.20 Å². The van der Waals surface area contributed by atoms with Gasteiger partial charge in [-0.15, -0.1) is 0 Å². The minimum atomic E-state index is -0.00878. The first kappa shape index (κ1) is 10.4. The topological polar surface area (TPSA) is 48.1 Å². The minimum Gasteiger partial charge on any atom is -0.492 e. The summed E-state index contributed by atoms with van der Waals surface area (Å²) in [6, 6.07) is 3.86. The van der Waals surface area contributed by atoms with Gasteiger partial charge in [0.2, 0.25) is 0 Å². The maximum Gasteiger partial charge on any atom is 0.137 e. The second kappa shape index (κ2) is 4.62. The van der Waals surface area contributed by atoms with Crippen LogP contribution in [0.5, 0.6) is 5.75 Å². The van der Waals surface area contributed by atoms with Gasteiger partial charge in [-0.3, -0.25) is 4.98 Å². The summed E-state index contributed by atoms with van der Waals surface area (Å²) in [5.74, 6) is 1.77. The number of aromatic nitrogens is 1. The molecule has 2 rings (SSSR count). The Balaban J connectivity index is 1.80. The SMILES string of the molecule is CC(N)c1ccc(OCCC2CC2)cn1. The molecular weight excluding hydrogens is 188 g/mol. The largest absolute Gasteiger partial charge is 0.492 e. The van der Waals surface area contributed by atoms with Gasteiger partial charge in [-0.25, -0.2) is 0 Å². The smallest absolute Gasteiger partial charge is 0.137 e. The Kier molecular flexibility index (Phi) is 3.21. The molecule has 1 heterocycles. The van der Waals surface area contributed by atoms with Gasteiger partial charge >= 0.3 is 0 Å². The van der Waals surface area contributed by atoms with Crippen LogP contribution in [0.4, 0.5) is 0 Å². The van der Waals surface area contributed by atoms with Crippen LogP contribution in [0, 0.1) is 5.92 Å². The average molecular weight is 206 g/mol. The van der Waals surface area contributed by atoms with Crippen molar-refractivity contribution >= 4 is 0 Å². The van der Waals surface area contributed by atoms with E-state index >= 15 is 0 Å². The van der Waals surface area contributed by atoms with Crippen molar-refractivity contribution in [3.63, 3.8) is 0 Å². The number of ether oxygens (including phenoxy) is 1. The van der Waals surface area contributed by atoms with Crippen LogP contribution >= 0.6 is 0 Å². The maximum atomic E-state index is 5.71. The Morgan fingerprint density at radius 2 is 2.33 bits per heavy atom. The minimum absolute atomic E-state index is 0.00878. The highest BCUT2D eigenvalue weighted by Gasteiger charge is 2.20. The van der Waals surface area contributed by atoms with E-state index in [-0.39, 0.29) is 6.04 Å². The van der Waals surface area contributed by atoms with Gasteiger partial charge in [-0.05, 0) is 31.4 Å². The van der Waals surface area contributed by atoms with Crippen molar-refractivity contribution in [3.8, 4) is 5.75 Å². The second-order valence-electron chi connectivity index (χ2n) is 4.29. The molecule has 0 radical (unpaired) electrons. The summed E-state index contributed by atoms with van der Waals surface area (Å²) < 4.78 is 5.59. The number of pyridine rings is 1. The molecule has 0 saturated heterocycles. The van der Waals surface area contributed by atoms with Crippen molar-refractivity contribution in [3.05, 3.63) is 24.0 Å². The Hall–Kier alpha value is -1.09. The fourth-order valence-electron chi connectivity index (χ4n) is 1.50. The van der Waals surface area contributed by atoms with E-state index in [4.69, 9.17) is 10.5 Å². The van der Waals surface area contributed by atoms with Gasteiger partial charge < -0.3 is 10.5 Å². The van der Waals surface area contributed by atoms with E-state index in [1.165, 1.54) is 19.3 Å². The number of hydrogen-bond donors (Lipinski definition) is 1. The van der Waals surface area contributed by atoms with E-state index < -0.39 is 0 Å². The molecule has 15 heavy (non-hydrogen) atoms. The Bertz CT molecular complexity index is 304. The van der Waals surface area contributed by atoms with Gasteiger partial charge in [0.15, 0.2) is 0 Å². The first-order chi connectivity index (χ1) is 7.25. The molecule has 1 aliphatic rings. The fraction of sp³-hybridized carbons (Fsp3) is 0.583. The lowest BCUT2D eigenvalue weighted by molar-refractivity contribution is 0.301. The molecule has 3 nitrogen and oxygen atoms in total. The molecule has 82 valence electrons. The summed E-state index contributed by atoms with van der Waals surface area (Å²) in [4.78, 5) is 4.24. The third-order valence-electron chi connectivity index (χ3n) is 2.72. The Morgan fingerprint density at radius 1 is 1.53 bits per heavy atom. The van der Waals surface area contributed by atoms with Crippen LogP contribution in [0.3, 0.4) is 0 Å². The summed E-state index contributed by atoms with van der Waals surface area (Å²) in [7, 11) is 0. The predicted molar refractivity (Wildman–Crippen MR) is 59.7 cm³/mol. The van der Waals surface area contributed by atoms with Crippen LogP contribution < -0.4 is 10.5 Å². The summed E-state index contributed by atoms with van der Waals surface area (Å²) in [5, 5.41) is 0. The normalized spacial score (nSPS) is 17.5. The van der Waals surface area contributed by atoms with Gasteiger partial charge in [-0.1, -0.05) is 12.8 Å².